The minimum absolute atomic E-state index is 0.0352. The molecule has 3 rings (SSSR count). The van der Waals surface area contributed by atoms with E-state index in [2.05, 4.69) is 20.6 Å². The molecule has 1 amide bonds. The van der Waals surface area contributed by atoms with E-state index in [1.165, 1.54) is 0 Å². The molecule has 0 aliphatic carbocycles. The molecule has 0 spiro atoms. The number of guanidine groups is 1. The van der Waals surface area contributed by atoms with E-state index in [0.29, 0.717) is 28.9 Å². The number of unbranched alkanes of at least 4 members (excludes halogenated alkanes) is 2. The molecule has 1 fully saturated rings. The van der Waals surface area contributed by atoms with Crippen molar-refractivity contribution in [1.82, 2.24) is 15.2 Å². The van der Waals surface area contributed by atoms with Gasteiger partial charge in [-0.25, -0.2) is 0 Å². The first-order valence-corrected chi connectivity index (χ1v) is 11.5. The molecule has 1 aliphatic heterocycles. The Balaban J connectivity index is 1.38. The zero-order valence-corrected chi connectivity index (χ0v) is 19.8. The standard InChI is InChI=1S/C25H32N6O3/c1-33-21-8-6-9-22(34-2)23(21)24(32)31-16-12-19(17-31)7-4-3-5-13-28-25(29-18-26)30-20-10-14-27-15-11-20/h6,8-11,14-15,19H,3-5,7,12-13,16-17H2,1-2H3,(H2,27,28,29,30). The SMILES string of the molecule is COc1cccc(OC)c1C(=O)N1CCC(CCCCCNC(=NC#N)Nc2ccncc2)C1. The number of ether oxygens (including phenoxy) is 2. The normalized spacial score (nSPS) is 15.5. The minimum atomic E-state index is -0.0352. The smallest absolute Gasteiger partial charge is 0.261 e. The Kier molecular flexibility index (Phi) is 9.52. The van der Waals surface area contributed by atoms with Gasteiger partial charge in [-0.1, -0.05) is 18.9 Å². The van der Waals surface area contributed by atoms with Crippen molar-refractivity contribution >= 4 is 17.6 Å². The first kappa shape index (κ1) is 24.8. The summed E-state index contributed by atoms with van der Waals surface area (Å²) in [6, 6.07) is 9.02. The van der Waals surface area contributed by atoms with Crippen LogP contribution in [-0.4, -0.2) is 55.6 Å². The van der Waals surface area contributed by atoms with Crippen LogP contribution < -0.4 is 20.1 Å². The maximum absolute atomic E-state index is 13.1. The average molecular weight is 465 g/mol. The number of anilines is 1. The number of nitrogens with one attached hydrogen (secondary N) is 2. The number of pyridine rings is 1. The summed E-state index contributed by atoms with van der Waals surface area (Å²) in [5.74, 6) is 1.98. The number of nitriles is 1. The lowest BCUT2D eigenvalue weighted by atomic mass is 10.0. The number of carbonyl (C=O) groups is 1. The van der Waals surface area contributed by atoms with E-state index >= 15 is 0 Å². The summed E-state index contributed by atoms with van der Waals surface area (Å²) >= 11 is 0. The predicted molar refractivity (Wildman–Crippen MR) is 131 cm³/mol. The second-order valence-corrected chi connectivity index (χ2v) is 8.14. The lowest BCUT2D eigenvalue weighted by Gasteiger charge is -2.20. The second-order valence-electron chi connectivity index (χ2n) is 8.14. The van der Waals surface area contributed by atoms with Crippen molar-refractivity contribution in [2.24, 2.45) is 10.9 Å². The van der Waals surface area contributed by atoms with Gasteiger partial charge in [0.2, 0.25) is 12.2 Å². The van der Waals surface area contributed by atoms with Crippen molar-refractivity contribution in [1.29, 1.82) is 5.26 Å². The van der Waals surface area contributed by atoms with Gasteiger partial charge in [0, 0.05) is 37.7 Å². The molecule has 1 aromatic carbocycles. The maximum Gasteiger partial charge on any atom is 0.261 e. The molecule has 1 unspecified atom stereocenters. The van der Waals surface area contributed by atoms with Crippen molar-refractivity contribution in [3.05, 3.63) is 48.3 Å². The van der Waals surface area contributed by atoms with Crippen LogP contribution in [-0.2, 0) is 0 Å². The van der Waals surface area contributed by atoms with E-state index in [1.807, 2.05) is 29.3 Å². The lowest BCUT2D eigenvalue weighted by molar-refractivity contribution is 0.0779. The number of amides is 1. The summed E-state index contributed by atoms with van der Waals surface area (Å²) in [5.41, 5.74) is 1.32. The monoisotopic (exact) mass is 464 g/mol. The summed E-state index contributed by atoms with van der Waals surface area (Å²) in [4.78, 5) is 22.8. The van der Waals surface area contributed by atoms with Gasteiger partial charge in [-0.05, 0) is 49.4 Å². The van der Waals surface area contributed by atoms with Crippen LogP contribution in [0.15, 0.2) is 47.7 Å². The van der Waals surface area contributed by atoms with Gasteiger partial charge in [0.25, 0.3) is 5.91 Å². The molecule has 9 heteroatoms. The van der Waals surface area contributed by atoms with Crippen molar-refractivity contribution in [3.63, 3.8) is 0 Å². The fourth-order valence-corrected chi connectivity index (χ4v) is 4.15. The summed E-state index contributed by atoms with van der Waals surface area (Å²) in [6.07, 6.45) is 10.4. The summed E-state index contributed by atoms with van der Waals surface area (Å²) < 4.78 is 10.8. The molecule has 1 saturated heterocycles. The molecule has 1 aromatic heterocycles. The lowest BCUT2D eigenvalue weighted by Crippen LogP contribution is -2.31. The van der Waals surface area contributed by atoms with Gasteiger partial charge >= 0.3 is 0 Å². The Hall–Kier alpha value is -3.80. The second kappa shape index (κ2) is 13.0. The summed E-state index contributed by atoms with van der Waals surface area (Å²) in [5, 5.41) is 15.2. The molecule has 2 aromatic rings. The summed E-state index contributed by atoms with van der Waals surface area (Å²) in [6.45, 7) is 2.23. The number of aliphatic imine (C=N–C) groups is 1. The van der Waals surface area contributed by atoms with Crippen LogP contribution in [0.1, 0.15) is 42.5 Å². The average Bonchev–Trinajstić information content (AvgIpc) is 3.34. The summed E-state index contributed by atoms with van der Waals surface area (Å²) in [7, 11) is 3.13. The molecule has 0 bridgehead atoms. The highest BCUT2D eigenvalue weighted by Crippen LogP contribution is 2.32. The van der Waals surface area contributed by atoms with Crippen LogP contribution in [0.5, 0.6) is 11.5 Å². The molecule has 9 nitrogen and oxygen atoms in total. The highest BCUT2D eigenvalue weighted by Gasteiger charge is 2.30. The Bertz CT molecular complexity index is 983. The third-order valence-corrected chi connectivity index (χ3v) is 5.90. The van der Waals surface area contributed by atoms with Gasteiger partial charge < -0.3 is 25.0 Å². The first-order valence-electron chi connectivity index (χ1n) is 11.5. The third kappa shape index (κ3) is 6.85. The molecule has 1 atom stereocenters. The van der Waals surface area contributed by atoms with E-state index in [1.54, 1.807) is 38.7 Å². The molecule has 0 radical (unpaired) electrons. The number of rotatable bonds is 10. The molecule has 2 heterocycles. The van der Waals surface area contributed by atoms with Crippen LogP contribution in [0.2, 0.25) is 0 Å². The highest BCUT2D eigenvalue weighted by molar-refractivity contribution is 6.00. The fourth-order valence-electron chi connectivity index (χ4n) is 4.15. The topological polar surface area (TPSA) is 112 Å². The number of hydrogen-bond donors (Lipinski definition) is 2. The largest absolute Gasteiger partial charge is 0.496 e. The number of carbonyl (C=O) groups excluding carboxylic acids is 1. The van der Waals surface area contributed by atoms with E-state index < -0.39 is 0 Å². The zero-order chi connectivity index (χ0) is 24.2. The Morgan fingerprint density at radius 3 is 2.59 bits per heavy atom. The van der Waals surface area contributed by atoms with Gasteiger partial charge in [0.1, 0.15) is 17.1 Å². The van der Waals surface area contributed by atoms with E-state index in [9.17, 15) is 4.79 Å². The number of nitrogens with zero attached hydrogens (tertiary/aromatic N) is 4. The van der Waals surface area contributed by atoms with E-state index in [-0.39, 0.29) is 5.91 Å². The maximum atomic E-state index is 13.1. The minimum Gasteiger partial charge on any atom is -0.496 e. The highest BCUT2D eigenvalue weighted by atomic mass is 16.5. The van der Waals surface area contributed by atoms with E-state index in [4.69, 9.17) is 14.7 Å². The van der Waals surface area contributed by atoms with Gasteiger partial charge in [-0.3, -0.25) is 9.78 Å². The number of hydrogen-bond acceptors (Lipinski definition) is 6. The number of methoxy groups -OCH3 is 2. The van der Waals surface area contributed by atoms with Crippen molar-refractivity contribution in [3.8, 4) is 17.7 Å². The van der Waals surface area contributed by atoms with E-state index in [0.717, 1.165) is 57.4 Å². The molecule has 1 aliphatic rings. The number of likely N-dealkylation sites (tertiary alicyclic amines) is 1. The van der Waals surface area contributed by atoms with Crippen LogP contribution in [0.25, 0.3) is 0 Å². The number of benzene rings is 1. The molecule has 0 saturated carbocycles. The molecule has 34 heavy (non-hydrogen) atoms. The predicted octanol–water partition coefficient (Wildman–Crippen LogP) is 3.66. The Morgan fingerprint density at radius 1 is 1.18 bits per heavy atom. The van der Waals surface area contributed by atoms with Gasteiger partial charge in [0.05, 0.1) is 14.2 Å². The Morgan fingerprint density at radius 2 is 1.91 bits per heavy atom. The van der Waals surface area contributed by atoms with Crippen molar-refractivity contribution in [2.45, 2.75) is 32.1 Å². The van der Waals surface area contributed by atoms with Gasteiger partial charge in [0.15, 0.2) is 0 Å². The van der Waals surface area contributed by atoms with Crippen LogP contribution in [0.4, 0.5) is 5.69 Å². The van der Waals surface area contributed by atoms with Crippen molar-refractivity contribution in [2.75, 3.05) is 39.2 Å². The van der Waals surface area contributed by atoms with Gasteiger partial charge in [-0.2, -0.15) is 5.26 Å². The zero-order valence-electron chi connectivity index (χ0n) is 19.8. The van der Waals surface area contributed by atoms with Crippen molar-refractivity contribution < 1.29 is 14.3 Å². The fraction of sp³-hybridized carbons (Fsp3) is 0.440. The molecular weight excluding hydrogens is 432 g/mol. The van der Waals surface area contributed by atoms with Crippen LogP contribution >= 0.6 is 0 Å². The molecular formula is C25H32N6O3. The third-order valence-electron chi connectivity index (χ3n) is 5.90. The quantitative estimate of drug-likeness (QED) is 0.239. The first-order chi connectivity index (χ1) is 16.7. The molecule has 180 valence electrons. The van der Waals surface area contributed by atoms with Crippen LogP contribution in [0.3, 0.4) is 0 Å². The number of aromatic nitrogens is 1. The Labute approximate surface area is 200 Å². The van der Waals surface area contributed by atoms with Crippen LogP contribution in [0, 0.1) is 17.4 Å². The molecule has 2 N–H and O–H groups in total. The van der Waals surface area contributed by atoms with Gasteiger partial charge in [-0.15, -0.1) is 4.99 Å².